The van der Waals surface area contributed by atoms with Crippen LogP contribution in [-0.4, -0.2) is 11.6 Å². The van der Waals surface area contributed by atoms with E-state index < -0.39 is 0 Å². The van der Waals surface area contributed by atoms with E-state index in [9.17, 15) is 0 Å². The normalized spacial score (nSPS) is 13.1. The number of hydrogen-bond donors (Lipinski definition) is 0. The Balaban J connectivity index is 2.97. The molecular formula is C15H21ClNO+. The van der Waals surface area contributed by atoms with Crippen LogP contribution in [0.15, 0.2) is 24.3 Å². The van der Waals surface area contributed by atoms with Crippen molar-refractivity contribution in [1.29, 1.82) is 0 Å². The summed E-state index contributed by atoms with van der Waals surface area (Å²) < 4.78 is 5.82. The van der Waals surface area contributed by atoms with Crippen molar-refractivity contribution in [3.05, 3.63) is 39.7 Å². The third-order valence-corrected chi connectivity index (χ3v) is 2.35. The molecule has 1 unspecified atom stereocenters. The van der Waals surface area contributed by atoms with Gasteiger partial charge in [0.2, 0.25) is 6.10 Å². The first kappa shape index (κ1) is 15.0. The molecule has 0 fully saturated rings. The van der Waals surface area contributed by atoms with Gasteiger partial charge in [-0.15, -0.1) is 0 Å². The molecule has 0 aromatic heterocycles. The van der Waals surface area contributed by atoms with Crippen molar-refractivity contribution in [2.24, 2.45) is 0 Å². The van der Waals surface area contributed by atoms with Crippen molar-refractivity contribution >= 4 is 11.6 Å². The molecule has 0 saturated heterocycles. The summed E-state index contributed by atoms with van der Waals surface area (Å²) in [6, 6.07) is 10.7. The molecule has 2 nitrogen and oxygen atoms in total. The van der Waals surface area contributed by atoms with Gasteiger partial charge < -0.3 is 4.74 Å². The van der Waals surface area contributed by atoms with Crippen molar-refractivity contribution in [1.82, 2.24) is 0 Å². The number of nitrogens with zero attached hydrogens (tertiary/aromatic N) is 1. The maximum atomic E-state index is 5.89. The molecule has 0 amide bonds. The van der Waals surface area contributed by atoms with Gasteiger partial charge in [0.05, 0.1) is 6.10 Å². The maximum Gasteiger partial charge on any atom is 0.310 e. The van der Waals surface area contributed by atoms with E-state index in [1.807, 2.05) is 58.9 Å². The Bertz CT molecular complexity index is 434. The molecule has 0 aliphatic rings. The summed E-state index contributed by atoms with van der Waals surface area (Å²) in [5.41, 5.74) is 0.867. The lowest BCUT2D eigenvalue weighted by Crippen LogP contribution is -2.11. The first-order valence-corrected chi connectivity index (χ1v) is 6.54. The van der Waals surface area contributed by atoms with E-state index >= 15 is 0 Å². The first-order valence-electron chi connectivity index (χ1n) is 6.16. The number of benzene rings is 1. The highest BCUT2D eigenvalue weighted by molar-refractivity contribution is 6.30. The smallest absolute Gasteiger partial charge is 0.310 e. The molecule has 0 bridgehead atoms. The average molecular weight is 267 g/mol. The molecule has 1 aromatic rings. The third kappa shape index (κ3) is 5.53. The first-order chi connectivity index (χ1) is 8.28. The fourth-order valence-corrected chi connectivity index (χ4v) is 1.47. The molecule has 1 aromatic carbocycles. The molecule has 0 heterocycles. The van der Waals surface area contributed by atoms with Crippen LogP contribution in [-0.2, 0) is 4.74 Å². The van der Waals surface area contributed by atoms with E-state index in [1.165, 1.54) is 0 Å². The molecule has 1 atom stereocenters. The molecule has 18 heavy (non-hydrogen) atoms. The van der Waals surface area contributed by atoms with E-state index in [0.717, 1.165) is 10.6 Å². The highest BCUT2D eigenvalue weighted by atomic mass is 35.5. The van der Waals surface area contributed by atoms with Gasteiger partial charge in [-0.3, -0.25) is 0 Å². The summed E-state index contributed by atoms with van der Waals surface area (Å²) in [4.78, 5) is 4.40. The molecule has 0 aliphatic heterocycles. The van der Waals surface area contributed by atoms with E-state index in [0.29, 0.717) is 0 Å². The second-order valence-corrected chi connectivity index (χ2v) is 5.96. The second kappa shape index (κ2) is 6.22. The summed E-state index contributed by atoms with van der Waals surface area (Å²) in [7, 11) is 0. The molecular weight excluding hydrogens is 246 g/mol. The fourth-order valence-electron chi connectivity index (χ4n) is 1.35. The predicted molar refractivity (Wildman–Crippen MR) is 77.4 cm³/mol. The topological polar surface area (TPSA) is 13.6 Å². The van der Waals surface area contributed by atoms with Gasteiger partial charge in [0.1, 0.15) is 0 Å². The number of rotatable bonds is 3. The fraction of sp³-hybridized carbons (Fsp3) is 0.533. The van der Waals surface area contributed by atoms with Gasteiger partial charge in [0, 0.05) is 25.8 Å². The molecule has 3 heteroatoms. The molecule has 0 radical (unpaired) electrons. The van der Waals surface area contributed by atoms with Crippen LogP contribution in [0.3, 0.4) is 0 Å². The van der Waals surface area contributed by atoms with Gasteiger partial charge in [-0.25, -0.2) is 0 Å². The summed E-state index contributed by atoms with van der Waals surface area (Å²) in [5, 5.41) is 0.717. The van der Waals surface area contributed by atoms with Crippen LogP contribution in [0.5, 0.6) is 0 Å². The van der Waals surface area contributed by atoms with Crippen LogP contribution in [0.2, 0.25) is 5.02 Å². The highest BCUT2D eigenvalue weighted by Crippen LogP contribution is 2.22. The second-order valence-electron chi connectivity index (χ2n) is 5.53. The monoisotopic (exact) mass is 266 g/mol. The predicted octanol–water partition coefficient (Wildman–Crippen LogP) is 4.94. The Kier molecular flexibility index (Phi) is 5.19. The standard InChI is InChI=1S/C15H21ClNO/c1-11(2)18-14(10-17-15(3,4)5)12-6-8-13(16)9-7-12/h6-9,11,14H,1-5H3/q+1. The molecule has 1 rings (SSSR count). The van der Waals surface area contributed by atoms with Gasteiger partial charge in [0.15, 0.2) is 0 Å². The molecule has 98 valence electrons. The minimum absolute atomic E-state index is 0.119. The molecule has 0 saturated carbocycles. The summed E-state index contributed by atoms with van der Waals surface area (Å²) >= 11 is 5.89. The van der Waals surface area contributed by atoms with Crippen molar-refractivity contribution < 1.29 is 4.74 Å². The third-order valence-electron chi connectivity index (χ3n) is 2.10. The van der Waals surface area contributed by atoms with Crippen molar-refractivity contribution in [2.45, 2.75) is 52.4 Å². The Labute approximate surface area is 115 Å². The quantitative estimate of drug-likeness (QED) is 0.756. The Morgan fingerprint density at radius 1 is 1.17 bits per heavy atom. The van der Waals surface area contributed by atoms with Gasteiger partial charge >= 0.3 is 6.07 Å². The lowest BCUT2D eigenvalue weighted by Gasteiger charge is -2.12. The molecule has 0 N–H and O–H groups in total. The minimum atomic E-state index is -0.249. The van der Waals surface area contributed by atoms with Gasteiger partial charge in [0.25, 0.3) is 5.54 Å². The van der Waals surface area contributed by atoms with Gasteiger partial charge in [-0.05, 0) is 31.5 Å². The molecule has 0 spiro atoms. The zero-order valence-electron chi connectivity index (χ0n) is 11.7. The van der Waals surface area contributed by atoms with Crippen molar-refractivity contribution in [3.63, 3.8) is 0 Å². The van der Waals surface area contributed by atoms with Crippen molar-refractivity contribution in [3.8, 4) is 6.07 Å². The van der Waals surface area contributed by atoms with Crippen LogP contribution in [0.4, 0.5) is 0 Å². The van der Waals surface area contributed by atoms with E-state index in [4.69, 9.17) is 16.3 Å². The van der Waals surface area contributed by atoms with Crippen LogP contribution < -0.4 is 0 Å². The summed E-state index contributed by atoms with van der Waals surface area (Å²) in [6.07, 6.45) is -0.130. The van der Waals surface area contributed by atoms with Crippen LogP contribution in [0.25, 0.3) is 4.85 Å². The Morgan fingerprint density at radius 3 is 2.17 bits per heavy atom. The Hall–Kier alpha value is -1.04. The van der Waals surface area contributed by atoms with Crippen LogP contribution >= 0.6 is 11.6 Å². The van der Waals surface area contributed by atoms with E-state index in [-0.39, 0.29) is 17.7 Å². The van der Waals surface area contributed by atoms with Crippen molar-refractivity contribution in [2.75, 3.05) is 0 Å². The number of ether oxygens (including phenoxy) is 1. The zero-order chi connectivity index (χ0) is 13.8. The number of halogens is 1. The Morgan fingerprint density at radius 2 is 1.72 bits per heavy atom. The van der Waals surface area contributed by atoms with Crippen LogP contribution in [0, 0.1) is 6.07 Å². The van der Waals surface area contributed by atoms with E-state index in [2.05, 4.69) is 10.9 Å². The zero-order valence-corrected chi connectivity index (χ0v) is 12.5. The number of hydrogen-bond acceptors (Lipinski definition) is 1. The minimum Gasteiger partial charge on any atom is -0.352 e. The summed E-state index contributed by atoms with van der Waals surface area (Å²) in [6.45, 7) is 10.1. The highest BCUT2D eigenvalue weighted by Gasteiger charge is 2.22. The lowest BCUT2D eigenvalue weighted by molar-refractivity contribution is 0.0400. The van der Waals surface area contributed by atoms with Gasteiger partial charge in [-0.2, -0.15) is 0 Å². The SMILES string of the molecule is CC(C)OC(C#[N+]C(C)(C)C)c1ccc(Cl)cc1. The summed E-state index contributed by atoms with van der Waals surface area (Å²) in [5.74, 6) is 0. The average Bonchev–Trinajstić information content (AvgIpc) is 2.24. The van der Waals surface area contributed by atoms with Crippen LogP contribution in [0.1, 0.15) is 46.3 Å². The molecule has 0 aliphatic carbocycles. The maximum absolute atomic E-state index is 5.89. The largest absolute Gasteiger partial charge is 0.352 e. The van der Waals surface area contributed by atoms with E-state index in [1.54, 1.807) is 0 Å². The van der Waals surface area contributed by atoms with Gasteiger partial charge in [-0.1, -0.05) is 28.6 Å². The lowest BCUT2D eigenvalue weighted by atomic mass is 10.1.